The van der Waals surface area contributed by atoms with Crippen molar-refractivity contribution in [1.29, 1.82) is 0 Å². The van der Waals surface area contributed by atoms with E-state index in [1.165, 1.54) is 6.20 Å². The fourth-order valence-corrected chi connectivity index (χ4v) is 2.75. The van der Waals surface area contributed by atoms with E-state index in [-0.39, 0.29) is 17.9 Å². The minimum absolute atomic E-state index is 0.0637. The lowest BCUT2D eigenvalue weighted by atomic mass is 9.80. The molecule has 23 heavy (non-hydrogen) atoms. The molecule has 5 heteroatoms. The van der Waals surface area contributed by atoms with E-state index >= 15 is 0 Å². The monoisotopic (exact) mass is 310 g/mol. The molecule has 0 aliphatic heterocycles. The predicted octanol–water partition coefficient (Wildman–Crippen LogP) is 2.65. The summed E-state index contributed by atoms with van der Waals surface area (Å²) in [5.74, 6) is -1.34. The smallest absolute Gasteiger partial charge is 0.306 e. The number of aryl methyl sites for hydroxylation is 1. The average molecular weight is 310 g/mol. The van der Waals surface area contributed by atoms with Crippen LogP contribution in [0, 0.1) is 12.8 Å². The van der Waals surface area contributed by atoms with Crippen LogP contribution >= 0.6 is 0 Å². The van der Waals surface area contributed by atoms with Gasteiger partial charge in [0, 0.05) is 24.0 Å². The summed E-state index contributed by atoms with van der Waals surface area (Å²) in [5.41, 5.74) is 3.54. The van der Waals surface area contributed by atoms with E-state index in [9.17, 15) is 9.59 Å². The first-order valence-electron chi connectivity index (χ1n) is 7.58. The quantitative estimate of drug-likeness (QED) is 0.910. The molecule has 0 bridgehead atoms. The second-order valence-electron chi connectivity index (χ2n) is 6.01. The largest absolute Gasteiger partial charge is 0.481 e. The van der Waals surface area contributed by atoms with Gasteiger partial charge in [0.2, 0.25) is 0 Å². The molecule has 0 spiro atoms. The molecule has 1 heterocycles. The van der Waals surface area contributed by atoms with Crippen LogP contribution in [0.3, 0.4) is 0 Å². The molecule has 0 atom stereocenters. The van der Waals surface area contributed by atoms with Crippen molar-refractivity contribution in [2.45, 2.75) is 25.8 Å². The Labute approximate surface area is 134 Å². The first-order valence-corrected chi connectivity index (χ1v) is 7.58. The third-order valence-electron chi connectivity index (χ3n) is 4.17. The van der Waals surface area contributed by atoms with Crippen LogP contribution < -0.4 is 5.32 Å². The van der Waals surface area contributed by atoms with Gasteiger partial charge in [-0.15, -0.1) is 0 Å². The van der Waals surface area contributed by atoms with Crippen LogP contribution in [0.2, 0.25) is 0 Å². The highest BCUT2D eigenvalue weighted by atomic mass is 16.4. The fraction of sp³-hybridized carbons (Fsp3) is 0.278. The first kappa shape index (κ1) is 15.2. The van der Waals surface area contributed by atoms with E-state index in [1.54, 1.807) is 6.20 Å². The van der Waals surface area contributed by atoms with E-state index in [2.05, 4.69) is 10.3 Å². The SMILES string of the molecule is Cc1cccc(-c2cncc(C(=O)NC3CC(C(=O)O)C3)c2)c1. The molecule has 118 valence electrons. The lowest BCUT2D eigenvalue weighted by Crippen LogP contribution is -2.46. The minimum atomic E-state index is -0.793. The number of carbonyl (C=O) groups is 2. The van der Waals surface area contributed by atoms with Crippen LogP contribution in [0.15, 0.2) is 42.7 Å². The number of amides is 1. The van der Waals surface area contributed by atoms with Gasteiger partial charge >= 0.3 is 5.97 Å². The van der Waals surface area contributed by atoms with Crippen molar-refractivity contribution in [3.05, 3.63) is 53.9 Å². The number of rotatable bonds is 4. The average Bonchev–Trinajstić information content (AvgIpc) is 2.50. The number of nitrogens with one attached hydrogen (secondary N) is 1. The van der Waals surface area contributed by atoms with Crippen molar-refractivity contribution < 1.29 is 14.7 Å². The Morgan fingerprint density at radius 1 is 1.17 bits per heavy atom. The maximum atomic E-state index is 12.3. The van der Waals surface area contributed by atoms with Crippen molar-refractivity contribution in [3.63, 3.8) is 0 Å². The Kier molecular flexibility index (Phi) is 4.10. The van der Waals surface area contributed by atoms with E-state index in [0.717, 1.165) is 16.7 Å². The van der Waals surface area contributed by atoms with Gasteiger partial charge in [0.05, 0.1) is 11.5 Å². The van der Waals surface area contributed by atoms with Crippen LogP contribution in [0.4, 0.5) is 0 Å². The zero-order valence-electron chi connectivity index (χ0n) is 12.8. The van der Waals surface area contributed by atoms with Gasteiger partial charge in [-0.1, -0.05) is 29.8 Å². The highest BCUT2D eigenvalue weighted by Gasteiger charge is 2.35. The molecule has 1 aliphatic carbocycles. The number of carboxylic acid groups (broad SMARTS) is 1. The number of hydrogen-bond donors (Lipinski definition) is 2. The standard InChI is InChI=1S/C18H18N2O3/c1-11-3-2-4-12(5-11)14-6-15(10-19-9-14)17(21)20-16-7-13(8-16)18(22)23/h2-6,9-10,13,16H,7-8H2,1H3,(H,20,21)(H,22,23). The van der Waals surface area contributed by atoms with Gasteiger partial charge in [0.1, 0.15) is 0 Å². The molecule has 1 amide bonds. The number of carbonyl (C=O) groups excluding carboxylic acids is 1. The summed E-state index contributed by atoms with van der Waals surface area (Å²) in [6, 6.07) is 9.76. The highest BCUT2D eigenvalue weighted by Crippen LogP contribution is 2.28. The number of pyridine rings is 1. The Morgan fingerprint density at radius 2 is 1.96 bits per heavy atom. The molecule has 1 fully saturated rings. The van der Waals surface area contributed by atoms with Gasteiger partial charge in [-0.25, -0.2) is 0 Å². The molecule has 2 N–H and O–H groups in total. The van der Waals surface area contributed by atoms with Gasteiger partial charge in [0.15, 0.2) is 0 Å². The molecule has 3 rings (SSSR count). The molecular weight excluding hydrogens is 292 g/mol. The van der Waals surface area contributed by atoms with Gasteiger partial charge in [-0.05, 0) is 31.4 Å². The lowest BCUT2D eigenvalue weighted by molar-refractivity contribution is -0.145. The number of hydrogen-bond acceptors (Lipinski definition) is 3. The van der Waals surface area contributed by atoms with Crippen molar-refractivity contribution in [3.8, 4) is 11.1 Å². The summed E-state index contributed by atoms with van der Waals surface area (Å²) in [4.78, 5) is 27.2. The van der Waals surface area contributed by atoms with Crippen molar-refractivity contribution in [2.24, 2.45) is 5.92 Å². The van der Waals surface area contributed by atoms with Crippen molar-refractivity contribution in [1.82, 2.24) is 10.3 Å². The number of nitrogens with zero attached hydrogens (tertiary/aromatic N) is 1. The van der Waals surface area contributed by atoms with Crippen LogP contribution in [-0.2, 0) is 4.79 Å². The highest BCUT2D eigenvalue weighted by molar-refractivity contribution is 5.95. The molecule has 1 aromatic heterocycles. The summed E-state index contributed by atoms with van der Waals surface area (Å²) in [6.45, 7) is 2.02. The summed E-state index contributed by atoms with van der Waals surface area (Å²) in [7, 11) is 0. The molecule has 0 saturated heterocycles. The third kappa shape index (κ3) is 3.39. The Hall–Kier alpha value is -2.69. The summed E-state index contributed by atoms with van der Waals surface area (Å²) in [5, 5.41) is 11.7. The Morgan fingerprint density at radius 3 is 2.65 bits per heavy atom. The maximum absolute atomic E-state index is 12.3. The van der Waals surface area contributed by atoms with Gasteiger partial charge in [0.25, 0.3) is 5.91 Å². The third-order valence-corrected chi connectivity index (χ3v) is 4.17. The molecule has 1 aliphatic rings. The van der Waals surface area contributed by atoms with Crippen LogP contribution in [0.5, 0.6) is 0 Å². The predicted molar refractivity (Wildman–Crippen MR) is 86.0 cm³/mol. The molecule has 0 radical (unpaired) electrons. The van der Waals surface area contributed by atoms with E-state index in [0.29, 0.717) is 18.4 Å². The number of benzene rings is 1. The van der Waals surface area contributed by atoms with Gasteiger partial charge in [-0.2, -0.15) is 0 Å². The van der Waals surface area contributed by atoms with Gasteiger partial charge < -0.3 is 10.4 Å². The van der Waals surface area contributed by atoms with E-state index in [1.807, 2.05) is 37.3 Å². The molecular formula is C18H18N2O3. The summed E-state index contributed by atoms with van der Waals surface area (Å²) < 4.78 is 0. The number of aliphatic carboxylic acids is 1. The van der Waals surface area contributed by atoms with Crippen LogP contribution in [-0.4, -0.2) is 28.0 Å². The lowest BCUT2D eigenvalue weighted by Gasteiger charge is -2.32. The Balaban J connectivity index is 1.70. The van der Waals surface area contributed by atoms with Crippen LogP contribution in [0.25, 0.3) is 11.1 Å². The van der Waals surface area contributed by atoms with Crippen molar-refractivity contribution >= 4 is 11.9 Å². The van der Waals surface area contributed by atoms with Crippen LogP contribution in [0.1, 0.15) is 28.8 Å². The zero-order chi connectivity index (χ0) is 16.4. The second-order valence-corrected chi connectivity index (χ2v) is 6.01. The number of aromatic nitrogens is 1. The van der Waals surface area contributed by atoms with E-state index < -0.39 is 5.97 Å². The summed E-state index contributed by atoms with van der Waals surface area (Å²) in [6.07, 6.45) is 4.25. The first-order chi connectivity index (χ1) is 11.0. The molecule has 1 saturated carbocycles. The number of carboxylic acids is 1. The zero-order valence-corrected chi connectivity index (χ0v) is 12.8. The Bertz CT molecular complexity index is 751. The molecule has 2 aromatic rings. The topological polar surface area (TPSA) is 79.3 Å². The molecule has 5 nitrogen and oxygen atoms in total. The maximum Gasteiger partial charge on any atom is 0.306 e. The van der Waals surface area contributed by atoms with E-state index in [4.69, 9.17) is 5.11 Å². The van der Waals surface area contributed by atoms with Gasteiger partial charge in [-0.3, -0.25) is 14.6 Å². The molecule has 0 unspecified atom stereocenters. The van der Waals surface area contributed by atoms with Crippen molar-refractivity contribution in [2.75, 3.05) is 0 Å². The fourth-order valence-electron chi connectivity index (χ4n) is 2.75. The normalized spacial score (nSPS) is 19.7. The second kappa shape index (κ2) is 6.20. The summed E-state index contributed by atoms with van der Waals surface area (Å²) >= 11 is 0. The minimum Gasteiger partial charge on any atom is -0.481 e. The molecule has 1 aromatic carbocycles.